The Morgan fingerprint density at radius 2 is 1.60 bits per heavy atom. The summed E-state index contributed by atoms with van der Waals surface area (Å²) in [5.41, 5.74) is -1.79. The summed E-state index contributed by atoms with van der Waals surface area (Å²) in [7, 11) is 0. The minimum atomic E-state index is -2.45. The van der Waals surface area contributed by atoms with Crippen LogP contribution in [0.4, 0.5) is 0 Å². The van der Waals surface area contributed by atoms with Gasteiger partial charge >= 0.3 is 0 Å². The molecule has 0 saturated heterocycles. The number of aliphatic hydroxyl groups excluding tert-OH is 1. The molecule has 0 saturated carbocycles. The largest absolute Gasteiger partial charge is 0.393 e. The third kappa shape index (κ3) is 2.03. The molecule has 0 spiro atoms. The Labute approximate surface area is 88.4 Å². The molecule has 0 bridgehead atoms. The fourth-order valence-corrected chi connectivity index (χ4v) is 1.41. The van der Waals surface area contributed by atoms with Crippen molar-refractivity contribution in [2.75, 3.05) is 6.61 Å². The van der Waals surface area contributed by atoms with Crippen LogP contribution in [0.5, 0.6) is 0 Å². The van der Waals surface area contributed by atoms with Crippen molar-refractivity contribution in [3.63, 3.8) is 0 Å². The van der Waals surface area contributed by atoms with Gasteiger partial charge in [-0.1, -0.05) is 37.3 Å². The van der Waals surface area contributed by atoms with Crippen molar-refractivity contribution in [1.29, 1.82) is 0 Å². The summed E-state index contributed by atoms with van der Waals surface area (Å²) in [6.45, 7) is 0.853. The molecule has 0 aliphatic rings. The molecule has 4 N–H and O–H groups in total. The van der Waals surface area contributed by atoms with Crippen LogP contribution >= 0.6 is 0 Å². The lowest BCUT2D eigenvalue weighted by atomic mass is 9.86. The van der Waals surface area contributed by atoms with Gasteiger partial charge in [-0.15, -0.1) is 0 Å². The SMILES string of the molecule is CCC(O)(CO)C(O)(O)c1ccccc1. The minimum absolute atomic E-state index is 0.0331. The van der Waals surface area contributed by atoms with Crippen LogP contribution in [0.1, 0.15) is 18.9 Å². The summed E-state index contributed by atoms with van der Waals surface area (Å²) in [6, 6.07) is 7.95. The fraction of sp³-hybridized carbons (Fsp3) is 0.455. The highest BCUT2D eigenvalue weighted by Gasteiger charge is 2.47. The Morgan fingerprint density at radius 3 is 2.00 bits per heavy atom. The number of hydrogen-bond acceptors (Lipinski definition) is 4. The molecule has 1 rings (SSSR count). The molecule has 1 aromatic rings. The van der Waals surface area contributed by atoms with Crippen LogP contribution in [0.15, 0.2) is 30.3 Å². The maximum Gasteiger partial charge on any atom is 0.222 e. The summed E-state index contributed by atoms with van der Waals surface area (Å²) >= 11 is 0. The Hall–Kier alpha value is -0.940. The maximum atomic E-state index is 9.86. The van der Waals surface area contributed by atoms with E-state index in [1.165, 1.54) is 12.1 Å². The van der Waals surface area contributed by atoms with E-state index >= 15 is 0 Å². The molecule has 0 aliphatic carbocycles. The molecule has 0 aromatic heterocycles. The van der Waals surface area contributed by atoms with Crippen molar-refractivity contribution >= 4 is 0 Å². The number of rotatable bonds is 4. The van der Waals surface area contributed by atoms with Crippen molar-refractivity contribution in [3.8, 4) is 0 Å². The third-order valence-electron chi connectivity index (χ3n) is 2.67. The Balaban J connectivity index is 3.12. The van der Waals surface area contributed by atoms with E-state index in [4.69, 9.17) is 5.11 Å². The van der Waals surface area contributed by atoms with Gasteiger partial charge in [0, 0.05) is 5.56 Å². The molecule has 0 fully saturated rings. The van der Waals surface area contributed by atoms with Crippen molar-refractivity contribution in [1.82, 2.24) is 0 Å². The highest BCUT2D eigenvalue weighted by molar-refractivity contribution is 5.23. The molecule has 4 heteroatoms. The fourth-order valence-electron chi connectivity index (χ4n) is 1.41. The van der Waals surface area contributed by atoms with Gasteiger partial charge in [0.2, 0.25) is 5.79 Å². The first-order valence-electron chi connectivity index (χ1n) is 4.81. The molecule has 0 aliphatic heterocycles. The first-order chi connectivity index (χ1) is 6.98. The lowest BCUT2D eigenvalue weighted by molar-refractivity contribution is -0.295. The normalized spacial score (nSPS) is 16.1. The topological polar surface area (TPSA) is 80.9 Å². The number of aliphatic hydroxyl groups is 4. The van der Waals surface area contributed by atoms with Crippen LogP contribution in [0, 0.1) is 0 Å². The van der Waals surface area contributed by atoms with E-state index in [1.54, 1.807) is 25.1 Å². The average Bonchev–Trinajstić information content (AvgIpc) is 2.29. The van der Waals surface area contributed by atoms with Gasteiger partial charge < -0.3 is 20.4 Å². The zero-order valence-electron chi connectivity index (χ0n) is 8.59. The highest BCUT2D eigenvalue weighted by Crippen LogP contribution is 2.32. The van der Waals surface area contributed by atoms with Crippen LogP contribution in [0.25, 0.3) is 0 Å². The van der Waals surface area contributed by atoms with Crippen LogP contribution < -0.4 is 0 Å². The van der Waals surface area contributed by atoms with E-state index in [-0.39, 0.29) is 12.0 Å². The van der Waals surface area contributed by atoms with Gasteiger partial charge in [-0.2, -0.15) is 0 Å². The van der Waals surface area contributed by atoms with Gasteiger partial charge in [-0.3, -0.25) is 0 Å². The van der Waals surface area contributed by atoms with E-state index in [0.717, 1.165) is 0 Å². The summed E-state index contributed by atoms with van der Waals surface area (Å²) in [5, 5.41) is 38.6. The van der Waals surface area contributed by atoms with Crippen LogP contribution in [0.3, 0.4) is 0 Å². The summed E-state index contributed by atoms with van der Waals surface area (Å²) in [5.74, 6) is -2.45. The van der Waals surface area contributed by atoms with E-state index < -0.39 is 18.0 Å². The molecule has 1 unspecified atom stereocenters. The zero-order valence-corrected chi connectivity index (χ0v) is 8.59. The molecule has 1 atom stereocenters. The van der Waals surface area contributed by atoms with Gasteiger partial charge in [-0.05, 0) is 6.42 Å². The second kappa shape index (κ2) is 4.28. The maximum absolute atomic E-state index is 9.86. The van der Waals surface area contributed by atoms with E-state index in [9.17, 15) is 15.3 Å². The molecule has 1 aromatic carbocycles. The molecule has 0 radical (unpaired) electrons. The average molecular weight is 212 g/mol. The third-order valence-corrected chi connectivity index (χ3v) is 2.67. The van der Waals surface area contributed by atoms with Gasteiger partial charge in [-0.25, -0.2) is 0 Å². The summed E-state index contributed by atoms with van der Waals surface area (Å²) in [6.07, 6.45) is 0.0331. The van der Waals surface area contributed by atoms with Gasteiger partial charge in [0.25, 0.3) is 0 Å². The lowest BCUT2D eigenvalue weighted by Gasteiger charge is -2.37. The van der Waals surface area contributed by atoms with Gasteiger partial charge in [0.1, 0.15) is 5.60 Å². The quantitative estimate of drug-likeness (QED) is 0.528. The molecule has 0 amide bonds. The number of hydrogen-bond donors (Lipinski definition) is 4. The van der Waals surface area contributed by atoms with Crippen molar-refractivity contribution in [2.24, 2.45) is 0 Å². The van der Waals surface area contributed by atoms with E-state index in [1.807, 2.05) is 0 Å². The monoisotopic (exact) mass is 212 g/mol. The highest BCUT2D eigenvalue weighted by atomic mass is 16.5. The second-order valence-electron chi connectivity index (χ2n) is 3.58. The van der Waals surface area contributed by atoms with Crippen molar-refractivity contribution in [2.45, 2.75) is 24.7 Å². The van der Waals surface area contributed by atoms with Crippen LogP contribution in [-0.2, 0) is 5.79 Å². The standard InChI is InChI=1S/C11H16O4/c1-2-10(13,8-12)11(14,15)9-6-4-3-5-7-9/h3-7,12-15H,2,8H2,1H3. The predicted octanol–water partition coefficient (Wildman–Crippen LogP) is -0.0426. The summed E-state index contributed by atoms with van der Waals surface area (Å²) < 4.78 is 0. The number of benzene rings is 1. The molecular formula is C11H16O4. The molecule has 84 valence electrons. The van der Waals surface area contributed by atoms with Crippen LogP contribution in [0.2, 0.25) is 0 Å². The van der Waals surface area contributed by atoms with E-state index in [0.29, 0.717) is 0 Å². The first-order valence-corrected chi connectivity index (χ1v) is 4.81. The molecule has 0 heterocycles. The van der Waals surface area contributed by atoms with Gasteiger partial charge in [0.05, 0.1) is 6.61 Å². The molecule has 15 heavy (non-hydrogen) atoms. The van der Waals surface area contributed by atoms with Crippen molar-refractivity contribution < 1.29 is 20.4 Å². The first kappa shape index (κ1) is 12.1. The van der Waals surface area contributed by atoms with E-state index in [2.05, 4.69) is 0 Å². The molecular weight excluding hydrogens is 196 g/mol. The second-order valence-corrected chi connectivity index (χ2v) is 3.58. The van der Waals surface area contributed by atoms with Crippen LogP contribution in [-0.4, -0.2) is 32.6 Å². The van der Waals surface area contributed by atoms with Gasteiger partial charge in [0.15, 0.2) is 0 Å². The smallest absolute Gasteiger partial charge is 0.222 e. The Bertz CT molecular complexity index is 304. The zero-order chi connectivity index (χ0) is 11.5. The minimum Gasteiger partial charge on any atom is -0.393 e. The lowest BCUT2D eigenvalue weighted by Crippen LogP contribution is -2.54. The molecule has 4 nitrogen and oxygen atoms in total. The Kier molecular flexibility index (Phi) is 3.46. The Morgan fingerprint density at radius 1 is 1.07 bits per heavy atom. The summed E-state index contributed by atoms with van der Waals surface area (Å²) in [4.78, 5) is 0. The van der Waals surface area contributed by atoms with Crippen molar-refractivity contribution in [3.05, 3.63) is 35.9 Å². The predicted molar refractivity (Wildman–Crippen MR) is 54.9 cm³/mol.